The predicted octanol–water partition coefficient (Wildman–Crippen LogP) is 5.64. The van der Waals surface area contributed by atoms with Crippen molar-refractivity contribution in [2.45, 2.75) is 44.1 Å². The molecular formula is C29H34Cl2N2O4. The van der Waals surface area contributed by atoms with E-state index < -0.39 is 11.4 Å². The van der Waals surface area contributed by atoms with Gasteiger partial charge in [0.05, 0.1) is 31.1 Å². The van der Waals surface area contributed by atoms with Gasteiger partial charge in [-0.3, -0.25) is 14.5 Å². The van der Waals surface area contributed by atoms with E-state index in [9.17, 15) is 14.7 Å². The molecule has 1 saturated carbocycles. The molecule has 6 nitrogen and oxygen atoms in total. The molecule has 8 heteroatoms. The average Bonchev–Trinajstić information content (AvgIpc) is 3.71. The summed E-state index contributed by atoms with van der Waals surface area (Å²) in [7, 11) is 0. The molecule has 3 aliphatic rings. The van der Waals surface area contributed by atoms with E-state index in [0.29, 0.717) is 55.1 Å². The van der Waals surface area contributed by atoms with Crippen LogP contribution in [-0.4, -0.2) is 66.2 Å². The predicted molar refractivity (Wildman–Crippen MR) is 144 cm³/mol. The minimum atomic E-state index is -0.991. The summed E-state index contributed by atoms with van der Waals surface area (Å²) in [6.07, 6.45) is 2.97. The van der Waals surface area contributed by atoms with Crippen molar-refractivity contribution in [2.24, 2.45) is 11.3 Å². The molecule has 3 atom stereocenters. The molecule has 1 aliphatic carbocycles. The van der Waals surface area contributed by atoms with E-state index >= 15 is 0 Å². The first-order valence-electron chi connectivity index (χ1n) is 13.2. The molecule has 2 saturated heterocycles. The number of carboxylic acid groups (broad SMARTS) is 1. The molecule has 5 rings (SSSR count). The number of ether oxygens (including phenoxy) is 1. The molecule has 2 aliphatic heterocycles. The Kier molecular flexibility index (Phi) is 8.10. The number of carboxylic acids is 1. The molecule has 2 aromatic rings. The monoisotopic (exact) mass is 544 g/mol. The first kappa shape index (κ1) is 26.5. The topological polar surface area (TPSA) is 70.1 Å². The Bertz CT molecular complexity index is 1120. The van der Waals surface area contributed by atoms with Gasteiger partial charge in [-0.2, -0.15) is 0 Å². The Hall–Kier alpha value is -2.12. The van der Waals surface area contributed by atoms with Crippen LogP contribution in [0.25, 0.3) is 0 Å². The SMILES string of the molecule is O=C(O)C[C@@]1(CCN2CCOCC2)CC(c2cccc(Cl)c2)[C@@H](c2ccc(Cl)cc2)N(CC2CC2)C1=O. The molecule has 1 amide bonds. The maximum absolute atomic E-state index is 14.5. The number of carbonyl (C=O) groups is 2. The Balaban J connectivity index is 1.58. The largest absolute Gasteiger partial charge is 0.481 e. The Morgan fingerprint density at radius 3 is 2.41 bits per heavy atom. The molecule has 0 radical (unpaired) electrons. The summed E-state index contributed by atoms with van der Waals surface area (Å²) in [6.45, 7) is 4.24. The molecule has 1 unspecified atom stereocenters. The molecule has 2 aromatic carbocycles. The van der Waals surface area contributed by atoms with E-state index in [-0.39, 0.29) is 24.3 Å². The number of piperidine rings is 1. The maximum Gasteiger partial charge on any atom is 0.304 e. The lowest BCUT2D eigenvalue weighted by atomic mass is 9.65. The number of rotatable bonds is 9. The van der Waals surface area contributed by atoms with E-state index in [1.54, 1.807) is 0 Å². The van der Waals surface area contributed by atoms with Gasteiger partial charge in [-0.05, 0) is 73.5 Å². The first-order valence-corrected chi connectivity index (χ1v) is 13.9. The van der Waals surface area contributed by atoms with Crippen LogP contribution >= 0.6 is 23.2 Å². The van der Waals surface area contributed by atoms with Gasteiger partial charge in [0.25, 0.3) is 0 Å². The lowest BCUT2D eigenvalue weighted by Crippen LogP contribution is -2.55. The average molecular weight is 546 g/mol. The minimum Gasteiger partial charge on any atom is -0.481 e. The number of morpholine rings is 1. The van der Waals surface area contributed by atoms with Gasteiger partial charge in [0.2, 0.25) is 5.91 Å². The van der Waals surface area contributed by atoms with Crippen LogP contribution in [0, 0.1) is 11.3 Å². The lowest BCUT2D eigenvalue weighted by Gasteiger charge is -2.51. The zero-order chi connectivity index (χ0) is 26.0. The quantitative estimate of drug-likeness (QED) is 0.442. The van der Waals surface area contributed by atoms with Crippen molar-refractivity contribution in [3.63, 3.8) is 0 Å². The summed E-state index contributed by atoms with van der Waals surface area (Å²) >= 11 is 12.7. The van der Waals surface area contributed by atoms with E-state index in [2.05, 4.69) is 11.0 Å². The number of carbonyl (C=O) groups excluding carboxylic acids is 1. The highest BCUT2D eigenvalue weighted by atomic mass is 35.5. The summed E-state index contributed by atoms with van der Waals surface area (Å²) in [5.41, 5.74) is 1.05. The van der Waals surface area contributed by atoms with E-state index in [4.69, 9.17) is 27.9 Å². The number of hydrogen-bond donors (Lipinski definition) is 1. The van der Waals surface area contributed by atoms with Gasteiger partial charge in [0, 0.05) is 35.6 Å². The summed E-state index contributed by atoms with van der Waals surface area (Å²) < 4.78 is 5.49. The van der Waals surface area contributed by atoms with Gasteiger partial charge in [-0.15, -0.1) is 0 Å². The summed E-state index contributed by atoms with van der Waals surface area (Å²) in [4.78, 5) is 31.0. The standard InChI is InChI=1S/C29H34Cl2N2O4/c30-23-8-6-21(7-9-23)27-25(22-2-1-3-24(31)16-22)17-29(18-26(34)35,10-11-32-12-14-37-15-13-32)28(36)33(27)19-20-4-5-20/h1-3,6-9,16,20,25,27H,4-5,10-15,17-19H2,(H,34,35)/t25?,27-,29-/m1/s1. The van der Waals surface area contributed by atoms with Crippen LogP contribution < -0.4 is 0 Å². The third-order valence-corrected chi connectivity index (χ3v) is 8.67. The molecule has 0 bridgehead atoms. The van der Waals surface area contributed by atoms with Crippen molar-refractivity contribution >= 4 is 35.1 Å². The number of benzene rings is 2. The fourth-order valence-electron chi connectivity index (χ4n) is 6.08. The van der Waals surface area contributed by atoms with Crippen molar-refractivity contribution in [2.75, 3.05) is 39.4 Å². The summed E-state index contributed by atoms with van der Waals surface area (Å²) in [5, 5.41) is 11.3. The molecular weight excluding hydrogens is 511 g/mol. The number of halogens is 2. The van der Waals surface area contributed by atoms with Crippen LogP contribution in [0.4, 0.5) is 0 Å². The van der Waals surface area contributed by atoms with Gasteiger partial charge in [0.15, 0.2) is 0 Å². The Morgan fingerprint density at radius 1 is 1.03 bits per heavy atom. The van der Waals surface area contributed by atoms with Crippen LogP contribution in [-0.2, 0) is 14.3 Å². The number of aliphatic carboxylic acids is 1. The maximum atomic E-state index is 14.5. The highest BCUT2D eigenvalue weighted by Crippen LogP contribution is 2.53. The van der Waals surface area contributed by atoms with Crippen LogP contribution in [0.5, 0.6) is 0 Å². The third-order valence-electron chi connectivity index (χ3n) is 8.18. The van der Waals surface area contributed by atoms with E-state index in [1.807, 2.05) is 47.4 Å². The molecule has 0 aromatic heterocycles. The van der Waals surface area contributed by atoms with Gasteiger partial charge in [0.1, 0.15) is 0 Å². The Labute approximate surface area is 228 Å². The van der Waals surface area contributed by atoms with Gasteiger partial charge in [-0.1, -0.05) is 47.5 Å². The van der Waals surface area contributed by atoms with Crippen molar-refractivity contribution in [1.29, 1.82) is 0 Å². The van der Waals surface area contributed by atoms with Gasteiger partial charge >= 0.3 is 5.97 Å². The number of nitrogens with zero attached hydrogens (tertiary/aromatic N) is 2. The fraction of sp³-hybridized carbons (Fsp3) is 0.517. The number of likely N-dealkylation sites (tertiary alicyclic amines) is 1. The van der Waals surface area contributed by atoms with E-state index in [1.165, 1.54) is 0 Å². The zero-order valence-electron chi connectivity index (χ0n) is 21.0. The second kappa shape index (κ2) is 11.3. The number of amides is 1. The van der Waals surface area contributed by atoms with Crippen LogP contribution in [0.1, 0.15) is 55.2 Å². The second-order valence-electron chi connectivity index (χ2n) is 10.8. The van der Waals surface area contributed by atoms with Crippen LogP contribution in [0.2, 0.25) is 10.0 Å². The third kappa shape index (κ3) is 6.14. The van der Waals surface area contributed by atoms with Crippen molar-refractivity contribution in [3.05, 3.63) is 69.7 Å². The van der Waals surface area contributed by atoms with Gasteiger partial charge < -0.3 is 14.7 Å². The summed E-state index contributed by atoms with van der Waals surface area (Å²) in [5.74, 6) is -0.608. The smallest absolute Gasteiger partial charge is 0.304 e. The second-order valence-corrected chi connectivity index (χ2v) is 11.7. The van der Waals surface area contributed by atoms with Gasteiger partial charge in [-0.25, -0.2) is 0 Å². The van der Waals surface area contributed by atoms with Crippen molar-refractivity contribution in [1.82, 2.24) is 9.80 Å². The van der Waals surface area contributed by atoms with Crippen molar-refractivity contribution in [3.8, 4) is 0 Å². The number of hydrogen-bond acceptors (Lipinski definition) is 4. The van der Waals surface area contributed by atoms with Crippen LogP contribution in [0.15, 0.2) is 48.5 Å². The highest BCUT2D eigenvalue weighted by Gasteiger charge is 2.53. The van der Waals surface area contributed by atoms with Crippen LogP contribution in [0.3, 0.4) is 0 Å². The van der Waals surface area contributed by atoms with E-state index in [0.717, 1.165) is 37.1 Å². The Morgan fingerprint density at radius 2 is 1.76 bits per heavy atom. The molecule has 2 heterocycles. The lowest BCUT2D eigenvalue weighted by molar-refractivity contribution is -0.160. The molecule has 3 fully saturated rings. The molecule has 0 spiro atoms. The fourth-order valence-corrected chi connectivity index (χ4v) is 6.41. The zero-order valence-corrected chi connectivity index (χ0v) is 22.5. The highest BCUT2D eigenvalue weighted by molar-refractivity contribution is 6.30. The normalized spacial score (nSPS) is 26.9. The molecule has 37 heavy (non-hydrogen) atoms. The van der Waals surface area contributed by atoms with Crippen molar-refractivity contribution < 1.29 is 19.4 Å². The summed E-state index contributed by atoms with van der Waals surface area (Å²) in [6, 6.07) is 15.3. The molecule has 198 valence electrons. The minimum absolute atomic E-state index is 0.0340. The first-order chi connectivity index (χ1) is 17.8. The molecule has 1 N–H and O–H groups in total.